The SMILES string of the molecule is Cc1cccc(CN(C)c2c(N)cccc2C(=O)O)c1. The standard InChI is InChI=1S/C16H18N2O2/c1-11-5-3-6-12(9-11)10-18(2)15-13(16(19)20)7-4-8-14(15)17/h3-9H,10,17H2,1-2H3,(H,19,20). The highest BCUT2D eigenvalue weighted by molar-refractivity contribution is 5.97. The Bertz CT molecular complexity index is 638. The van der Waals surface area contributed by atoms with Gasteiger partial charge in [0.25, 0.3) is 0 Å². The van der Waals surface area contributed by atoms with Gasteiger partial charge in [-0.05, 0) is 24.6 Å². The Kier molecular flexibility index (Phi) is 3.94. The molecule has 0 radical (unpaired) electrons. The van der Waals surface area contributed by atoms with Gasteiger partial charge in [0.1, 0.15) is 0 Å². The minimum absolute atomic E-state index is 0.222. The van der Waals surface area contributed by atoms with E-state index in [1.54, 1.807) is 18.2 Å². The lowest BCUT2D eigenvalue weighted by atomic mass is 10.1. The van der Waals surface area contributed by atoms with Crippen LogP contribution in [0.15, 0.2) is 42.5 Å². The van der Waals surface area contributed by atoms with Crippen molar-refractivity contribution in [2.75, 3.05) is 17.7 Å². The largest absolute Gasteiger partial charge is 0.478 e. The molecule has 0 aliphatic carbocycles. The number of carbonyl (C=O) groups is 1. The van der Waals surface area contributed by atoms with Crippen LogP contribution in [0.3, 0.4) is 0 Å². The van der Waals surface area contributed by atoms with Crippen LogP contribution in [-0.4, -0.2) is 18.1 Å². The van der Waals surface area contributed by atoms with E-state index >= 15 is 0 Å². The molecule has 0 atom stereocenters. The van der Waals surface area contributed by atoms with E-state index in [0.717, 1.165) is 5.56 Å². The number of carboxylic acids is 1. The van der Waals surface area contributed by atoms with Gasteiger partial charge < -0.3 is 15.7 Å². The summed E-state index contributed by atoms with van der Waals surface area (Å²) in [4.78, 5) is 13.2. The van der Waals surface area contributed by atoms with Gasteiger partial charge in [0.05, 0.1) is 16.9 Å². The molecule has 0 fully saturated rings. The van der Waals surface area contributed by atoms with Crippen molar-refractivity contribution in [1.29, 1.82) is 0 Å². The number of aryl methyl sites for hydroxylation is 1. The monoisotopic (exact) mass is 270 g/mol. The molecule has 2 rings (SSSR count). The van der Waals surface area contributed by atoms with E-state index in [4.69, 9.17) is 5.73 Å². The van der Waals surface area contributed by atoms with Crippen LogP contribution < -0.4 is 10.6 Å². The summed E-state index contributed by atoms with van der Waals surface area (Å²) in [5.41, 5.74) is 9.48. The topological polar surface area (TPSA) is 66.6 Å². The smallest absolute Gasteiger partial charge is 0.337 e. The van der Waals surface area contributed by atoms with Crippen molar-refractivity contribution in [3.05, 3.63) is 59.2 Å². The molecule has 0 spiro atoms. The maximum Gasteiger partial charge on any atom is 0.337 e. The van der Waals surface area contributed by atoms with Crippen LogP contribution in [-0.2, 0) is 6.54 Å². The molecule has 2 aromatic carbocycles. The first-order valence-electron chi connectivity index (χ1n) is 6.37. The number of nitrogens with two attached hydrogens (primary N) is 1. The van der Waals surface area contributed by atoms with Gasteiger partial charge in [0.15, 0.2) is 0 Å². The highest BCUT2D eigenvalue weighted by Crippen LogP contribution is 2.28. The lowest BCUT2D eigenvalue weighted by Crippen LogP contribution is -2.21. The Morgan fingerprint density at radius 2 is 1.95 bits per heavy atom. The molecule has 104 valence electrons. The van der Waals surface area contributed by atoms with Crippen LogP contribution >= 0.6 is 0 Å². The first kappa shape index (κ1) is 13.9. The van der Waals surface area contributed by atoms with E-state index in [1.165, 1.54) is 5.56 Å². The average molecular weight is 270 g/mol. The molecule has 0 saturated heterocycles. The summed E-state index contributed by atoms with van der Waals surface area (Å²) in [6.07, 6.45) is 0. The molecule has 0 aliphatic heterocycles. The van der Waals surface area contributed by atoms with E-state index in [-0.39, 0.29) is 5.56 Å². The minimum atomic E-state index is -0.969. The molecule has 4 nitrogen and oxygen atoms in total. The number of carboxylic acid groups (broad SMARTS) is 1. The van der Waals surface area contributed by atoms with E-state index in [2.05, 4.69) is 6.07 Å². The number of hydrogen-bond acceptors (Lipinski definition) is 3. The molecule has 20 heavy (non-hydrogen) atoms. The lowest BCUT2D eigenvalue weighted by molar-refractivity contribution is 0.0697. The Labute approximate surface area is 118 Å². The quantitative estimate of drug-likeness (QED) is 0.838. The van der Waals surface area contributed by atoms with Crippen LogP contribution in [0.5, 0.6) is 0 Å². The van der Waals surface area contributed by atoms with Crippen molar-refractivity contribution in [2.45, 2.75) is 13.5 Å². The van der Waals surface area contributed by atoms with Crippen molar-refractivity contribution in [1.82, 2.24) is 0 Å². The van der Waals surface area contributed by atoms with E-state index in [9.17, 15) is 9.90 Å². The molecule has 4 heteroatoms. The molecular weight excluding hydrogens is 252 g/mol. The summed E-state index contributed by atoms with van der Waals surface area (Å²) >= 11 is 0. The third-order valence-electron chi connectivity index (χ3n) is 3.18. The Morgan fingerprint density at radius 1 is 1.25 bits per heavy atom. The molecule has 2 aromatic rings. The second kappa shape index (κ2) is 5.65. The van der Waals surface area contributed by atoms with Crippen LogP contribution in [0.25, 0.3) is 0 Å². The molecule has 3 N–H and O–H groups in total. The fraction of sp³-hybridized carbons (Fsp3) is 0.188. The third-order valence-corrected chi connectivity index (χ3v) is 3.18. The molecule has 0 bridgehead atoms. The van der Waals surface area contributed by atoms with Gasteiger partial charge in [0.2, 0.25) is 0 Å². The van der Waals surface area contributed by atoms with Crippen molar-refractivity contribution in [3.63, 3.8) is 0 Å². The Hall–Kier alpha value is -2.49. The Balaban J connectivity index is 2.34. The van der Waals surface area contributed by atoms with Gasteiger partial charge in [0, 0.05) is 13.6 Å². The van der Waals surface area contributed by atoms with Crippen molar-refractivity contribution in [2.24, 2.45) is 0 Å². The van der Waals surface area contributed by atoms with Gasteiger partial charge in [-0.1, -0.05) is 35.9 Å². The number of hydrogen-bond donors (Lipinski definition) is 2. The number of nitrogen functional groups attached to an aromatic ring is 1. The predicted molar refractivity (Wildman–Crippen MR) is 81.1 cm³/mol. The van der Waals surface area contributed by atoms with E-state index in [1.807, 2.05) is 37.1 Å². The molecule has 0 amide bonds. The number of aromatic carboxylic acids is 1. The van der Waals surface area contributed by atoms with Crippen LogP contribution in [0.1, 0.15) is 21.5 Å². The van der Waals surface area contributed by atoms with Gasteiger partial charge in [-0.15, -0.1) is 0 Å². The number of nitrogens with zero attached hydrogens (tertiary/aromatic N) is 1. The second-order valence-corrected chi connectivity index (χ2v) is 4.89. The maximum atomic E-state index is 11.3. The average Bonchev–Trinajstić information content (AvgIpc) is 2.38. The van der Waals surface area contributed by atoms with E-state index < -0.39 is 5.97 Å². The zero-order valence-electron chi connectivity index (χ0n) is 11.6. The summed E-state index contributed by atoms with van der Waals surface area (Å²) in [5.74, 6) is -0.969. The summed E-state index contributed by atoms with van der Waals surface area (Å²) in [7, 11) is 1.85. The highest BCUT2D eigenvalue weighted by atomic mass is 16.4. The summed E-state index contributed by atoms with van der Waals surface area (Å²) in [6.45, 7) is 2.64. The van der Waals surface area contributed by atoms with Crippen molar-refractivity contribution in [3.8, 4) is 0 Å². The van der Waals surface area contributed by atoms with Crippen LogP contribution in [0.2, 0.25) is 0 Å². The van der Waals surface area contributed by atoms with Crippen molar-refractivity contribution < 1.29 is 9.90 Å². The fourth-order valence-corrected chi connectivity index (χ4v) is 2.32. The number of anilines is 2. The Morgan fingerprint density at radius 3 is 2.60 bits per heavy atom. The summed E-state index contributed by atoms with van der Waals surface area (Å²) in [6, 6.07) is 13.1. The van der Waals surface area contributed by atoms with Gasteiger partial charge in [-0.2, -0.15) is 0 Å². The molecule has 0 unspecified atom stereocenters. The van der Waals surface area contributed by atoms with Crippen LogP contribution in [0, 0.1) is 6.92 Å². The number of benzene rings is 2. The molecule has 0 aromatic heterocycles. The molecule has 0 saturated carbocycles. The van der Waals surface area contributed by atoms with Gasteiger partial charge in [-0.3, -0.25) is 0 Å². The third kappa shape index (κ3) is 2.91. The summed E-state index contributed by atoms with van der Waals surface area (Å²) in [5, 5.41) is 9.27. The predicted octanol–water partition coefficient (Wildman–Crippen LogP) is 2.91. The fourth-order valence-electron chi connectivity index (χ4n) is 2.32. The van der Waals surface area contributed by atoms with Gasteiger partial charge in [-0.25, -0.2) is 4.79 Å². The second-order valence-electron chi connectivity index (χ2n) is 4.89. The normalized spacial score (nSPS) is 10.3. The first-order chi connectivity index (χ1) is 9.49. The molecule has 0 aliphatic rings. The molecule has 0 heterocycles. The van der Waals surface area contributed by atoms with Crippen molar-refractivity contribution >= 4 is 17.3 Å². The number of rotatable bonds is 4. The maximum absolute atomic E-state index is 11.3. The zero-order valence-corrected chi connectivity index (χ0v) is 11.6. The number of para-hydroxylation sites is 1. The summed E-state index contributed by atoms with van der Waals surface area (Å²) < 4.78 is 0. The lowest BCUT2D eigenvalue weighted by Gasteiger charge is -2.23. The first-order valence-corrected chi connectivity index (χ1v) is 6.37. The minimum Gasteiger partial charge on any atom is -0.478 e. The van der Waals surface area contributed by atoms with Gasteiger partial charge >= 0.3 is 5.97 Å². The zero-order chi connectivity index (χ0) is 14.7. The van der Waals surface area contributed by atoms with Crippen LogP contribution in [0.4, 0.5) is 11.4 Å². The van der Waals surface area contributed by atoms with E-state index in [0.29, 0.717) is 17.9 Å². The highest BCUT2D eigenvalue weighted by Gasteiger charge is 2.16. The molecular formula is C16H18N2O2.